The molecule has 0 spiro atoms. The molecule has 1 aliphatic carbocycles. The van der Waals surface area contributed by atoms with Crippen molar-refractivity contribution in [2.75, 3.05) is 6.54 Å². The maximum Gasteiger partial charge on any atom is 0.251 e. The smallest absolute Gasteiger partial charge is 0.251 e. The van der Waals surface area contributed by atoms with Gasteiger partial charge in [0.15, 0.2) is 5.78 Å². The third-order valence-corrected chi connectivity index (χ3v) is 7.04. The Kier molecular flexibility index (Phi) is 6.58. The molecule has 1 aliphatic rings. The van der Waals surface area contributed by atoms with E-state index in [1.54, 1.807) is 18.2 Å². The molecule has 0 heterocycles. The summed E-state index contributed by atoms with van der Waals surface area (Å²) in [4.78, 5) is 26.6. The van der Waals surface area contributed by atoms with E-state index in [1.807, 2.05) is 60.7 Å². The van der Waals surface area contributed by atoms with Crippen LogP contribution in [0.25, 0.3) is 0 Å². The molecule has 0 saturated heterocycles. The average Bonchev–Trinajstić information content (AvgIpc) is 3.68. The highest BCUT2D eigenvalue weighted by Gasteiger charge is 2.55. The normalized spacial score (nSPS) is 19.5. The number of hydrogen-bond donors (Lipinski definition) is 1. The highest BCUT2D eigenvalue weighted by atomic mass is 16.1. The lowest BCUT2D eigenvalue weighted by molar-refractivity contribution is 0.0951. The summed E-state index contributed by atoms with van der Waals surface area (Å²) in [6.45, 7) is 2.63. The van der Waals surface area contributed by atoms with Gasteiger partial charge in [-0.15, -0.1) is 0 Å². The molecule has 1 saturated carbocycles. The lowest BCUT2D eigenvalue weighted by Gasteiger charge is -2.13. The third kappa shape index (κ3) is 4.95. The van der Waals surface area contributed by atoms with Crippen LogP contribution >= 0.6 is 0 Å². The first kappa shape index (κ1) is 22.8. The second-order valence-corrected chi connectivity index (χ2v) is 9.37. The Labute approximate surface area is 206 Å². The Balaban J connectivity index is 1.32. The average molecular weight is 460 g/mol. The Morgan fingerprint density at radius 2 is 1.20 bits per heavy atom. The van der Waals surface area contributed by atoms with Gasteiger partial charge in [-0.25, -0.2) is 0 Å². The standard InChI is InChI=1S/C32H29NO2/c1-22(23-12-5-2-6-13-23)21-33-32(35)27-19-11-18-26(20-27)31(34)30-28(24-14-7-3-8-15-24)29(30)25-16-9-4-10-17-25/h2-20,22,28-30H,21H2,1H3,(H,33,35)/t22-,28-,29+,30?/m1/s1. The van der Waals surface area contributed by atoms with Crippen LogP contribution in [-0.2, 0) is 0 Å². The molecule has 0 aliphatic heterocycles. The van der Waals surface area contributed by atoms with Crippen molar-refractivity contribution < 1.29 is 9.59 Å². The molecule has 0 bridgehead atoms. The van der Waals surface area contributed by atoms with Crippen LogP contribution in [0, 0.1) is 5.92 Å². The monoisotopic (exact) mass is 459 g/mol. The van der Waals surface area contributed by atoms with Gasteiger partial charge >= 0.3 is 0 Å². The fraction of sp³-hybridized carbons (Fsp3) is 0.188. The van der Waals surface area contributed by atoms with Gasteiger partial charge in [0.2, 0.25) is 0 Å². The second kappa shape index (κ2) is 10.1. The Bertz CT molecular complexity index is 1260. The van der Waals surface area contributed by atoms with Crippen LogP contribution in [0.4, 0.5) is 0 Å². The first-order chi connectivity index (χ1) is 17.1. The lowest BCUT2D eigenvalue weighted by Crippen LogP contribution is -2.27. The Hall–Kier alpha value is -3.98. The molecule has 1 amide bonds. The van der Waals surface area contributed by atoms with E-state index in [0.29, 0.717) is 17.7 Å². The summed E-state index contributed by atoms with van der Waals surface area (Å²) in [7, 11) is 0. The van der Waals surface area contributed by atoms with E-state index < -0.39 is 0 Å². The van der Waals surface area contributed by atoms with E-state index in [9.17, 15) is 9.59 Å². The fourth-order valence-corrected chi connectivity index (χ4v) is 5.07. The zero-order valence-electron chi connectivity index (χ0n) is 19.8. The summed E-state index contributed by atoms with van der Waals surface area (Å²) < 4.78 is 0. The van der Waals surface area contributed by atoms with E-state index >= 15 is 0 Å². The molecule has 3 heteroatoms. The van der Waals surface area contributed by atoms with Crippen LogP contribution < -0.4 is 5.32 Å². The molecule has 4 aromatic carbocycles. The number of amides is 1. The molecule has 1 unspecified atom stereocenters. The highest BCUT2D eigenvalue weighted by Crippen LogP contribution is 2.61. The molecule has 0 aromatic heterocycles. The van der Waals surface area contributed by atoms with Crippen LogP contribution in [0.2, 0.25) is 0 Å². The number of carbonyl (C=O) groups excluding carboxylic acids is 2. The van der Waals surface area contributed by atoms with Crippen molar-refractivity contribution in [2.45, 2.75) is 24.7 Å². The SMILES string of the molecule is C[C@H](CNC(=O)c1cccc(C(=O)C2[C@@H](c3ccccc3)[C@H]2c2ccccc2)c1)c1ccccc1. The van der Waals surface area contributed by atoms with Gasteiger partial charge in [-0.3, -0.25) is 9.59 Å². The zero-order chi connectivity index (χ0) is 24.2. The number of Topliss-reactive ketones (excluding diaryl/α,β-unsaturated/α-hetero) is 1. The minimum absolute atomic E-state index is 0.0972. The lowest BCUT2D eigenvalue weighted by atomic mass is 9.99. The van der Waals surface area contributed by atoms with E-state index in [-0.39, 0.29) is 35.4 Å². The van der Waals surface area contributed by atoms with Gasteiger partial charge in [0.1, 0.15) is 0 Å². The van der Waals surface area contributed by atoms with Crippen LogP contribution in [0.15, 0.2) is 115 Å². The zero-order valence-corrected chi connectivity index (χ0v) is 19.8. The summed E-state index contributed by atoms with van der Waals surface area (Å²) in [6, 6.07) is 37.8. The first-order valence-corrected chi connectivity index (χ1v) is 12.2. The third-order valence-electron chi connectivity index (χ3n) is 7.04. The predicted octanol–water partition coefficient (Wildman–Crippen LogP) is 6.60. The van der Waals surface area contributed by atoms with Gasteiger partial charge in [0, 0.05) is 35.4 Å². The topological polar surface area (TPSA) is 46.2 Å². The van der Waals surface area contributed by atoms with Crippen molar-refractivity contribution in [3.63, 3.8) is 0 Å². The van der Waals surface area contributed by atoms with E-state index in [4.69, 9.17) is 0 Å². The minimum Gasteiger partial charge on any atom is -0.351 e. The van der Waals surface area contributed by atoms with Gasteiger partial charge in [-0.05, 0) is 34.7 Å². The summed E-state index contributed by atoms with van der Waals surface area (Å²) >= 11 is 0. The van der Waals surface area contributed by atoms with Gasteiger partial charge in [0.25, 0.3) is 5.91 Å². The van der Waals surface area contributed by atoms with Crippen molar-refractivity contribution in [2.24, 2.45) is 5.92 Å². The van der Waals surface area contributed by atoms with Gasteiger partial charge in [-0.2, -0.15) is 0 Å². The van der Waals surface area contributed by atoms with Gasteiger partial charge in [0.05, 0.1) is 0 Å². The van der Waals surface area contributed by atoms with Crippen molar-refractivity contribution in [3.8, 4) is 0 Å². The highest BCUT2D eigenvalue weighted by molar-refractivity contribution is 6.04. The number of benzene rings is 4. The molecule has 4 aromatic rings. The van der Waals surface area contributed by atoms with Gasteiger partial charge < -0.3 is 5.32 Å². The summed E-state index contributed by atoms with van der Waals surface area (Å²) in [6.07, 6.45) is 0. The predicted molar refractivity (Wildman–Crippen MR) is 140 cm³/mol. The van der Waals surface area contributed by atoms with Crippen LogP contribution in [0.1, 0.15) is 62.1 Å². The number of ketones is 1. The molecule has 1 fully saturated rings. The number of rotatable bonds is 8. The van der Waals surface area contributed by atoms with E-state index in [0.717, 1.165) is 0 Å². The van der Waals surface area contributed by atoms with Crippen molar-refractivity contribution in [3.05, 3.63) is 143 Å². The summed E-state index contributed by atoms with van der Waals surface area (Å²) in [5.41, 5.74) is 4.67. The summed E-state index contributed by atoms with van der Waals surface area (Å²) in [5.74, 6) is 0.314. The van der Waals surface area contributed by atoms with Gasteiger partial charge in [-0.1, -0.05) is 110 Å². The number of carbonyl (C=O) groups is 2. The Morgan fingerprint density at radius 1 is 0.686 bits per heavy atom. The van der Waals surface area contributed by atoms with Crippen molar-refractivity contribution in [1.29, 1.82) is 0 Å². The number of nitrogens with one attached hydrogen (secondary N) is 1. The van der Waals surface area contributed by atoms with E-state index in [1.165, 1.54) is 16.7 Å². The molecule has 0 radical (unpaired) electrons. The second-order valence-electron chi connectivity index (χ2n) is 9.37. The largest absolute Gasteiger partial charge is 0.351 e. The van der Waals surface area contributed by atoms with E-state index in [2.05, 4.69) is 48.6 Å². The Morgan fingerprint density at radius 3 is 1.77 bits per heavy atom. The molecular formula is C32H29NO2. The number of hydrogen-bond acceptors (Lipinski definition) is 2. The van der Waals surface area contributed by atoms with Crippen molar-refractivity contribution in [1.82, 2.24) is 5.32 Å². The maximum atomic E-state index is 13.7. The summed E-state index contributed by atoms with van der Waals surface area (Å²) in [5, 5.41) is 3.03. The fourth-order valence-electron chi connectivity index (χ4n) is 5.07. The molecule has 3 nitrogen and oxygen atoms in total. The van der Waals surface area contributed by atoms with Crippen molar-refractivity contribution >= 4 is 11.7 Å². The maximum absolute atomic E-state index is 13.7. The minimum atomic E-state index is -0.155. The molecular weight excluding hydrogens is 430 g/mol. The molecule has 1 N–H and O–H groups in total. The first-order valence-electron chi connectivity index (χ1n) is 12.2. The van der Waals surface area contributed by atoms with Crippen LogP contribution in [0.3, 0.4) is 0 Å². The molecule has 5 rings (SSSR count). The molecule has 174 valence electrons. The van der Waals surface area contributed by atoms with Crippen LogP contribution in [0.5, 0.6) is 0 Å². The molecule has 35 heavy (non-hydrogen) atoms. The quantitative estimate of drug-likeness (QED) is 0.302. The van der Waals surface area contributed by atoms with Crippen LogP contribution in [-0.4, -0.2) is 18.2 Å². The molecule has 4 atom stereocenters.